The van der Waals surface area contributed by atoms with Gasteiger partial charge in [-0.1, -0.05) is 65.2 Å². The van der Waals surface area contributed by atoms with Crippen LogP contribution in [0.2, 0.25) is 0 Å². The molecule has 1 N–H and O–H groups in total. The first-order valence-corrected chi connectivity index (χ1v) is 11.0. The van der Waals surface area contributed by atoms with E-state index in [0.717, 1.165) is 25.7 Å². The number of carboxylic acid groups (broad SMARTS) is 1. The van der Waals surface area contributed by atoms with Crippen molar-refractivity contribution >= 4 is 29.0 Å². The number of halogens is 2. The number of alkyl halides is 2. The van der Waals surface area contributed by atoms with Gasteiger partial charge in [0.1, 0.15) is 5.97 Å². The molecule has 1 atom stereocenters. The summed E-state index contributed by atoms with van der Waals surface area (Å²) in [5.74, 6) is -7.90. The molecule has 170 valence electrons. The second-order valence-corrected chi connectivity index (χ2v) is 7.82. The number of imidazole rings is 1. The Kier molecular flexibility index (Phi) is 11.1. The number of aromatic amines is 1. The summed E-state index contributed by atoms with van der Waals surface area (Å²) in [7, 11) is 0. The van der Waals surface area contributed by atoms with Gasteiger partial charge in [-0.3, -0.25) is 4.79 Å². The summed E-state index contributed by atoms with van der Waals surface area (Å²) in [6, 6.07) is 0. The molecule has 1 aromatic rings. The Bertz CT molecular complexity index is 683. The van der Waals surface area contributed by atoms with Gasteiger partial charge in [0, 0.05) is 12.4 Å². The first kappa shape index (κ1) is 26.1. The molecule has 0 aliphatic heterocycles. The highest BCUT2D eigenvalue weighted by molar-refractivity contribution is 7.81. The summed E-state index contributed by atoms with van der Waals surface area (Å²) >= 11 is 4.89. The zero-order valence-corrected chi connectivity index (χ0v) is 18.5. The van der Waals surface area contributed by atoms with Crippen LogP contribution < -0.4 is 5.11 Å². The van der Waals surface area contributed by atoms with Crippen LogP contribution in [-0.4, -0.2) is 38.3 Å². The lowest BCUT2D eigenvalue weighted by molar-refractivity contribution is -0.343. The van der Waals surface area contributed by atoms with Crippen LogP contribution in [0.1, 0.15) is 95.1 Å². The van der Waals surface area contributed by atoms with E-state index >= 15 is 0 Å². The molecule has 0 spiro atoms. The lowest BCUT2D eigenvalue weighted by Gasteiger charge is -2.40. The summed E-state index contributed by atoms with van der Waals surface area (Å²) in [5, 5.41) is 10.4. The van der Waals surface area contributed by atoms with E-state index in [9.17, 15) is 23.5 Å². The number of nitrogens with one attached hydrogen (secondary N) is 1. The van der Waals surface area contributed by atoms with Crippen molar-refractivity contribution in [2.75, 3.05) is 0 Å². The van der Waals surface area contributed by atoms with Crippen molar-refractivity contribution in [3.63, 3.8) is 0 Å². The SMILES string of the molecule is CCCCCCCCCCCC(CC)(OC(=S)C(=O)c1ncc[nH]1)C(F)(F)C(=O)[O-]. The van der Waals surface area contributed by atoms with Crippen LogP contribution in [0.15, 0.2) is 12.4 Å². The Morgan fingerprint density at radius 1 is 1.10 bits per heavy atom. The van der Waals surface area contributed by atoms with E-state index in [1.807, 2.05) is 0 Å². The Labute approximate surface area is 181 Å². The quantitative estimate of drug-likeness (QED) is 0.230. The summed E-state index contributed by atoms with van der Waals surface area (Å²) in [5.41, 5.74) is -2.45. The zero-order chi connectivity index (χ0) is 22.6. The van der Waals surface area contributed by atoms with Crippen LogP contribution in [-0.2, 0) is 9.53 Å². The van der Waals surface area contributed by atoms with E-state index in [2.05, 4.69) is 16.9 Å². The highest BCUT2D eigenvalue weighted by atomic mass is 32.1. The summed E-state index contributed by atoms with van der Waals surface area (Å²) in [4.78, 5) is 29.7. The third-order valence-corrected chi connectivity index (χ3v) is 5.54. The number of Topliss-reactive ketones (excluding diaryl/α,β-unsaturated/α-hetero) is 1. The molecule has 0 amide bonds. The molecule has 30 heavy (non-hydrogen) atoms. The molecule has 9 heteroatoms. The van der Waals surface area contributed by atoms with Gasteiger partial charge in [-0.25, -0.2) is 4.98 Å². The molecule has 0 aromatic carbocycles. The summed E-state index contributed by atoms with van der Waals surface area (Å²) in [6.07, 6.45) is 10.7. The number of ketones is 1. The minimum absolute atomic E-state index is 0.162. The molecule has 0 aliphatic carbocycles. The summed E-state index contributed by atoms with van der Waals surface area (Å²) in [6.45, 7) is 3.53. The number of hydrogen-bond acceptors (Lipinski definition) is 6. The molecule has 0 fully saturated rings. The van der Waals surface area contributed by atoms with E-state index in [1.54, 1.807) is 0 Å². The zero-order valence-electron chi connectivity index (χ0n) is 17.7. The molecule has 0 bridgehead atoms. The monoisotopic (exact) mass is 445 g/mol. The number of rotatable bonds is 16. The van der Waals surface area contributed by atoms with E-state index < -0.39 is 28.3 Å². The Balaban J connectivity index is 2.73. The van der Waals surface area contributed by atoms with Crippen molar-refractivity contribution in [2.24, 2.45) is 0 Å². The van der Waals surface area contributed by atoms with Gasteiger partial charge < -0.3 is 19.6 Å². The average molecular weight is 446 g/mol. The second kappa shape index (κ2) is 12.7. The number of hydrogen-bond donors (Lipinski definition) is 1. The predicted molar refractivity (Wildman–Crippen MR) is 111 cm³/mol. The number of H-pyrrole nitrogens is 1. The van der Waals surface area contributed by atoms with Crippen molar-refractivity contribution < 1.29 is 28.2 Å². The second-order valence-electron chi connectivity index (χ2n) is 7.44. The molecular weight excluding hydrogens is 414 g/mol. The topological polar surface area (TPSA) is 95.1 Å². The fourth-order valence-corrected chi connectivity index (χ4v) is 3.62. The van der Waals surface area contributed by atoms with Crippen molar-refractivity contribution in [2.45, 2.75) is 96.0 Å². The maximum absolute atomic E-state index is 14.6. The molecule has 1 heterocycles. The normalized spacial score (nSPS) is 13.6. The van der Waals surface area contributed by atoms with Gasteiger partial charge >= 0.3 is 5.92 Å². The largest absolute Gasteiger partial charge is 0.544 e. The molecule has 1 rings (SSSR count). The number of carboxylic acids is 1. The molecule has 6 nitrogen and oxygen atoms in total. The minimum Gasteiger partial charge on any atom is -0.544 e. The van der Waals surface area contributed by atoms with E-state index in [4.69, 9.17) is 17.0 Å². The molecular formula is C21H31F2N2O4S-. The van der Waals surface area contributed by atoms with Gasteiger partial charge in [0.2, 0.25) is 5.05 Å². The molecule has 0 saturated heterocycles. The number of aliphatic carboxylic acids is 1. The van der Waals surface area contributed by atoms with Gasteiger partial charge in [0.25, 0.3) is 5.78 Å². The number of nitrogens with zero attached hydrogens (tertiary/aromatic N) is 1. The maximum Gasteiger partial charge on any atom is 0.325 e. The minimum atomic E-state index is -4.31. The third kappa shape index (κ3) is 7.11. The fraction of sp³-hybridized carbons (Fsp3) is 0.714. The van der Waals surface area contributed by atoms with E-state index in [0.29, 0.717) is 12.8 Å². The molecule has 0 aliphatic rings. The van der Waals surface area contributed by atoms with Crippen LogP contribution in [0, 0.1) is 0 Å². The number of carbonyl (C=O) groups is 2. The van der Waals surface area contributed by atoms with Gasteiger partial charge in [-0.05, 0) is 31.5 Å². The first-order chi connectivity index (χ1) is 14.2. The third-order valence-electron chi connectivity index (χ3n) is 5.27. The average Bonchev–Trinajstić information content (AvgIpc) is 3.25. The van der Waals surface area contributed by atoms with Gasteiger partial charge in [-0.2, -0.15) is 8.78 Å². The highest BCUT2D eigenvalue weighted by Crippen LogP contribution is 2.40. The Morgan fingerprint density at radius 2 is 1.67 bits per heavy atom. The Hall–Kier alpha value is -1.90. The first-order valence-electron chi connectivity index (χ1n) is 10.6. The van der Waals surface area contributed by atoms with E-state index in [-0.39, 0.29) is 18.7 Å². The van der Waals surface area contributed by atoms with Gasteiger partial charge in [0.05, 0.1) is 0 Å². The number of carbonyl (C=O) groups excluding carboxylic acids is 2. The predicted octanol–water partition coefficient (Wildman–Crippen LogP) is 4.39. The lowest BCUT2D eigenvalue weighted by atomic mass is 9.86. The molecule has 1 unspecified atom stereocenters. The van der Waals surface area contributed by atoms with Gasteiger partial charge in [-0.15, -0.1) is 0 Å². The van der Waals surface area contributed by atoms with Crippen LogP contribution in [0.3, 0.4) is 0 Å². The van der Waals surface area contributed by atoms with Crippen LogP contribution in [0.25, 0.3) is 0 Å². The number of aromatic nitrogens is 2. The number of unbranched alkanes of at least 4 members (excludes halogenated alkanes) is 8. The van der Waals surface area contributed by atoms with Crippen molar-refractivity contribution in [1.82, 2.24) is 9.97 Å². The van der Waals surface area contributed by atoms with Crippen LogP contribution in [0.5, 0.6) is 0 Å². The van der Waals surface area contributed by atoms with Gasteiger partial charge in [0.15, 0.2) is 11.4 Å². The van der Waals surface area contributed by atoms with Crippen molar-refractivity contribution in [3.8, 4) is 0 Å². The fourth-order valence-electron chi connectivity index (χ4n) is 3.36. The highest BCUT2D eigenvalue weighted by Gasteiger charge is 2.56. The van der Waals surface area contributed by atoms with Crippen molar-refractivity contribution in [1.29, 1.82) is 0 Å². The van der Waals surface area contributed by atoms with E-state index in [1.165, 1.54) is 38.6 Å². The van der Waals surface area contributed by atoms with Crippen LogP contribution in [0.4, 0.5) is 8.78 Å². The number of thiocarbonyl (C=S) groups is 1. The molecule has 1 aromatic heterocycles. The maximum atomic E-state index is 14.6. The molecule has 0 radical (unpaired) electrons. The Morgan fingerprint density at radius 3 is 2.13 bits per heavy atom. The smallest absolute Gasteiger partial charge is 0.325 e. The van der Waals surface area contributed by atoms with Crippen LogP contribution >= 0.6 is 12.2 Å². The lowest BCUT2D eigenvalue weighted by Crippen LogP contribution is -2.60. The van der Waals surface area contributed by atoms with Crippen molar-refractivity contribution in [3.05, 3.63) is 18.2 Å². The standard InChI is InChI=1S/C21H32F2N2O4S/c1-3-5-6-7-8-9-10-11-12-13-20(4-2,21(22,23)19(27)28)29-18(30)16(26)17-24-14-15-25-17/h14-15H,3-13H2,1-2H3,(H,24,25)(H,27,28)/p-1. The summed E-state index contributed by atoms with van der Waals surface area (Å²) < 4.78 is 34.4. The number of ether oxygens (including phenoxy) is 1. The molecule has 0 saturated carbocycles.